The molecule has 1 fully saturated rings. The topological polar surface area (TPSA) is 18.8 Å². The minimum Gasteiger partial charge on any atom is -0.371 e. The van der Waals surface area contributed by atoms with Gasteiger partial charge in [-0.15, -0.1) is 0 Å². The van der Waals surface area contributed by atoms with Gasteiger partial charge in [-0.3, -0.25) is 0 Å². The Hall–Kier alpha value is -3.09. The summed E-state index contributed by atoms with van der Waals surface area (Å²) in [4.78, 5) is 2.13. The van der Waals surface area contributed by atoms with Crippen molar-refractivity contribution >= 4 is 17.1 Å². The number of halogens is 4. The van der Waals surface area contributed by atoms with Crippen molar-refractivity contribution in [2.24, 2.45) is 5.10 Å². The van der Waals surface area contributed by atoms with Crippen molar-refractivity contribution < 1.29 is 17.6 Å². The van der Waals surface area contributed by atoms with E-state index in [2.05, 4.69) is 4.90 Å². The third-order valence-corrected chi connectivity index (χ3v) is 7.06. The molecule has 7 heteroatoms. The Labute approximate surface area is 203 Å². The first-order chi connectivity index (χ1) is 16.8. The normalized spacial score (nSPS) is 19.6. The molecule has 35 heavy (non-hydrogen) atoms. The van der Waals surface area contributed by atoms with Gasteiger partial charge < -0.3 is 4.90 Å². The molecule has 3 aliphatic rings. The summed E-state index contributed by atoms with van der Waals surface area (Å²) >= 11 is 0. The predicted octanol–water partition coefficient (Wildman–Crippen LogP) is 7.75. The fraction of sp³-hybridized carbons (Fsp3) is 0.393. The maximum absolute atomic E-state index is 14.2. The summed E-state index contributed by atoms with van der Waals surface area (Å²) in [6.07, 6.45) is 2.69. The fourth-order valence-corrected chi connectivity index (χ4v) is 5.35. The molecule has 184 valence electrons. The van der Waals surface area contributed by atoms with Crippen LogP contribution in [0.2, 0.25) is 0 Å². The second-order valence-corrected chi connectivity index (χ2v) is 9.43. The quantitative estimate of drug-likeness (QED) is 0.414. The van der Waals surface area contributed by atoms with E-state index in [0.717, 1.165) is 73.3 Å². The average Bonchev–Trinajstić information content (AvgIpc) is 3.53. The summed E-state index contributed by atoms with van der Waals surface area (Å²) < 4.78 is 56.8. The van der Waals surface area contributed by atoms with Crippen LogP contribution < -0.4 is 9.91 Å². The molecule has 0 N–H and O–H groups in total. The molecule has 0 radical (unpaired) electrons. The molecule has 0 bridgehead atoms. The van der Waals surface area contributed by atoms with Gasteiger partial charge in [0, 0.05) is 24.3 Å². The van der Waals surface area contributed by atoms with Gasteiger partial charge in [-0.05, 0) is 98.6 Å². The van der Waals surface area contributed by atoms with Crippen LogP contribution in [0.3, 0.4) is 0 Å². The van der Waals surface area contributed by atoms with E-state index in [4.69, 9.17) is 5.10 Å². The van der Waals surface area contributed by atoms with Crippen molar-refractivity contribution in [3.63, 3.8) is 0 Å². The Kier molecular flexibility index (Phi) is 6.20. The van der Waals surface area contributed by atoms with E-state index in [1.165, 1.54) is 17.1 Å². The zero-order valence-corrected chi connectivity index (χ0v) is 20.1. The Bertz CT molecular complexity index is 1230. The maximum Gasteiger partial charge on any atom is 0.418 e. The van der Waals surface area contributed by atoms with Crippen LogP contribution in [0.25, 0.3) is 0 Å². The van der Waals surface area contributed by atoms with Crippen molar-refractivity contribution in [3.05, 3.63) is 81.8 Å². The first kappa shape index (κ1) is 23.6. The lowest BCUT2D eigenvalue weighted by Gasteiger charge is -2.33. The van der Waals surface area contributed by atoms with Crippen molar-refractivity contribution in [1.29, 1.82) is 0 Å². The number of hydrogen-bond acceptors (Lipinski definition) is 3. The molecule has 0 atom stereocenters. The highest BCUT2D eigenvalue weighted by Crippen LogP contribution is 2.46. The molecule has 0 saturated carbocycles. The maximum atomic E-state index is 14.2. The molecule has 1 aliphatic carbocycles. The number of rotatable bonds is 4. The van der Waals surface area contributed by atoms with Gasteiger partial charge in [0.25, 0.3) is 0 Å². The predicted molar refractivity (Wildman–Crippen MR) is 132 cm³/mol. The summed E-state index contributed by atoms with van der Waals surface area (Å²) in [6, 6.07) is 9.19. The number of benzene rings is 2. The zero-order chi connectivity index (χ0) is 24.7. The fourth-order valence-electron chi connectivity index (χ4n) is 5.35. The molecule has 2 aromatic carbocycles. The molecule has 2 heterocycles. The van der Waals surface area contributed by atoms with Gasteiger partial charge in [0.1, 0.15) is 5.82 Å². The molecule has 3 nitrogen and oxygen atoms in total. The van der Waals surface area contributed by atoms with Crippen LogP contribution in [0.4, 0.5) is 28.9 Å². The second kappa shape index (κ2) is 9.17. The van der Waals surface area contributed by atoms with E-state index in [1.807, 2.05) is 13.0 Å². The van der Waals surface area contributed by atoms with Crippen LogP contribution in [0, 0.1) is 12.7 Å². The number of hydrazone groups is 1. The third-order valence-electron chi connectivity index (χ3n) is 7.06. The minimum atomic E-state index is -4.53. The van der Waals surface area contributed by atoms with Crippen LogP contribution in [-0.2, 0) is 6.18 Å². The monoisotopic (exact) mass is 483 g/mol. The minimum absolute atomic E-state index is 0.0383. The number of alkyl halides is 3. The lowest BCUT2D eigenvalue weighted by Crippen LogP contribution is -2.29. The lowest BCUT2D eigenvalue weighted by molar-refractivity contribution is -0.137. The Morgan fingerprint density at radius 2 is 1.71 bits per heavy atom. The third kappa shape index (κ3) is 4.37. The molecular weight excluding hydrogens is 454 g/mol. The summed E-state index contributed by atoms with van der Waals surface area (Å²) in [5.41, 5.74) is 4.78. The second-order valence-electron chi connectivity index (χ2n) is 9.43. The summed E-state index contributed by atoms with van der Waals surface area (Å²) in [7, 11) is 0. The van der Waals surface area contributed by atoms with Gasteiger partial charge in [-0.25, -0.2) is 9.40 Å². The van der Waals surface area contributed by atoms with E-state index < -0.39 is 11.7 Å². The van der Waals surface area contributed by atoms with Crippen LogP contribution in [0.15, 0.2) is 64.4 Å². The van der Waals surface area contributed by atoms with Gasteiger partial charge in [0.05, 0.1) is 22.7 Å². The summed E-state index contributed by atoms with van der Waals surface area (Å²) in [6.45, 7) is 5.34. The van der Waals surface area contributed by atoms with Crippen LogP contribution >= 0.6 is 0 Å². The van der Waals surface area contributed by atoms with E-state index >= 15 is 0 Å². The molecule has 1 saturated heterocycles. The van der Waals surface area contributed by atoms with E-state index in [0.29, 0.717) is 17.7 Å². The highest BCUT2D eigenvalue weighted by Gasteiger charge is 2.39. The summed E-state index contributed by atoms with van der Waals surface area (Å²) in [5.74, 6) is -0.313. The molecule has 0 spiro atoms. The zero-order valence-electron chi connectivity index (χ0n) is 20.1. The van der Waals surface area contributed by atoms with E-state index in [-0.39, 0.29) is 11.5 Å². The summed E-state index contributed by atoms with van der Waals surface area (Å²) in [5, 5.41) is 6.35. The average molecular weight is 484 g/mol. The standard InChI is InChI=1S/C28H29F4N3/c1-3-7-25-21-8-6-9-22(21)27(19-10-13-24(29)18(2)16-19)33-35(25)26-17-20(34-14-4-5-15-34)11-12-23(26)28(30,31)32/h7,10-13,16-17H,3-6,8-9,14-15H2,1-2H3/b25-7+. The van der Waals surface area contributed by atoms with Crippen molar-refractivity contribution in [1.82, 2.24) is 0 Å². The first-order valence-electron chi connectivity index (χ1n) is 12.3. The molecule has 0 unspecified atom stereocenters. The van der Waals surface area contributed by atoms with Crippen LogP contribution in [0.5, 0.6) is 0 Å². The number of nitrogens with zero attached hydrogens (tertiary/aromatic N) is 3. The van der Waals surface area contributed by atoms with E-state index in [9.17, 15) is 17.6 Å². The van der Waals surface area contributed by atoms with Crippen LogP contribution in [0.1, 0.15) is 62.1 Å². The number of hydrogen-bond donors (Lipinski definition) is 0. The van der Waals surface area contributed by atoms with Gasteiger partial charge >= 0.3 is 6.18 Å². The molecule has 0 aromatic heterocycles. The Morgan fingerprint density at radius 3 is 2.40 bits per heavy atom. The highest BCUT2D eigenvalue weighted by atomic mass is 19.4. The molecule has 5 rings (SSSR count). The van der Waals surface area contributed by atoms with Crippen LogP contribution in [-0.4, -0.2) is 18.8 Å². The number of anilines is 2. The number of allylic oxidation sites excluding steroid dienone is 3. The Morgan fingerprint density at radius 1 is 0.971 bits per heavy atom. The van der Waals surface area contributed by atoms with Gasteiger partial charge in [0.15, 0.2) is 0 Å². The van der Waals surface area contributed by atoms with Crippen molar-refractivity contribution in [3.8, 4) is 0 Å². The largest absolute Gasteiger partial charge is 0.418 e. The smallest absolute Gasteiger partial charge is 0.371 e. The molecule has 2 aromatic rings. The van der Waals surface area contributed by atoms with Gasteiger partial charge in [0.2, 0.25) is 0 Å². The van der Waals surface area contributed by atoms with Gasteiger partial charge in [-0.1, -0.05) is 13.0 Å². The highest BCUT2D eigenvalue weighted by molar-refractivity contribution is 6.15. The van der Waals surface area contributed by atoms with Gasteiger partial charge in [-0.2, -0.15) is 18.3 Å². The molecule has 0 amide bonds. The lowest BCUT2D eigenvalue weighted by atomic mass is 9.94. The van der Waals surface area contributed by atoms with Crippen molar-refractivity contribution in [2.45, 2.75) is 58.5 Å². The number of aryl methyl sites for hydroxylation is 1. The molecular formula is C28H29F4N3. The van der Waals surface area contributed by atoms with Crippen molar-refractivity contribution in [2.75, 3.05) is 23.0 Å². The van der Waals surface area contributed by atoms with E-state index in [1.54, 1.807) is 31.2 Å². The first-order valence-corrected chi connectivity index (χ1v) is 12.3. The Balaban J connectivity index is 1.72. The molecule has 2 aliphatic heterocycles. The SMILES string of the molecule is CC/C=C1\C2=C(CCC2)C(c2ccc(F)c(C)c2)=NN1c1cc(N2CCCC2)ccc1C(F)(F)F.